The molecule has 2 fully saturated rings. The minimum absolute atomic E-state index is 0.0587. The van der Waals surface area contributed by atoms with Crippen LogP contribution in [-0.2, 0) is 14.8 Å². The fourth-order valence-corrected chi connectivity index (χ4v) is 5.26. The van der Waals surface area contributed by atoms with Gasteiger partial charge in [0.15, 0.2) is 0 Å². The van der Waals surface area contributed by atoms with E-state index in [9.17, 15) is 13.2 Å². The summed E-state index contributed by atoms with van der Waals surface area (Å²) >= 11 is 5.81. The third-order valence-electron chi connectivity index (χ3n) is 5.11. The molecule has 1 aromatic rings. The summed E-state index contributed by atoms with van der Waals surface area (Å²) in [4.78, 5) is 12.4. The van der Waals surface area contributed by atoms with Gasteiger partial charge in [-0.2, -0.15) is 0 Å². The third-order valence-corrected chi connectivity index (χ3v) is 6.80. The Morgan fingerprint density at radius 3 is 2.67 bits per heavy atom. The van der Waals surface area contributed by atoms with Gasteiger partial charge in [-0.15, -0.1) is 0 Å². The summed E-state index contributed by atoms with van der Waals surface area (Å²) in [7, 11) is -3.63. The normalized spacial score (nSPS) is 28.9. The molecule has 0 aromatic heterocycles. The van der Waals surface area contributed by atoms with Gasteiger partial charge in [-0.05, 0) is 49.3 Å². The van der Waals surface area contributed by atoms with Crippen LogP contribution in [0.5, 0.6) is 0 Å². The standard InChI is InChI=1S/C16H22ClN3O3S/c17-12-2-1-3-13(9-12)24(22,23)20-7-6-19-16(21)14-10-4-5-11(8-10)15(14)18/h1-3,9-11,14-15,20H,4-8,18H2,(H,19,21). The fourth-order valence-electron chi connectivity index (χ4n) is 3.93. The number of hydrogen-bond acceptors (Lipinski definition) is 4. The highest BCUT2D eigenvalue weighted by Gasteiger charge is 2.48. The number of sulfonamides is 1. The lowest BCUT2D eigenvalue weighted by Gasteiger charge is -2.27. The molecule has 0 spiro atoms. The van der Waals surface area contributed by atoms with E-state index in [2.05, 4.69) is 10.0 Å². The van der Waals surface area contributed by atoms with Crippen LogP contribution < -0.4 is 15.8 Å². The van der Waals surface area contributed by atoms with Gasteiger partial charge >= 0.3 is 0 Å². The van der Waals surface area contributed by atoms with Crippen LogP contribution in [0.3, 0.4) is 0 Å². The van der Waals surface area contributed by atoms with Crippen molar-refractivity contribution in [3.05, 3.63) is 29.3 Å². The zero-order chi connectivity index (χ0) is 17.3. The molecule has 1 aromatic carbocycles. The number of benzene rings is 1. The summed E-state index contributed by atoms with van der Waals surface area (Å²) in [6.45, 7) is 0.357. The molecule has 2 bridgehead atoms. The summed E-state index contributed by atoms with van der Waals surface area (Å²) in [5.74, 6) is 0.658. The minimum Gasteiger partial charge on any atom is -0.354 e. The van der Waals surface area contributed by atoms with Crippen molar-refractivity contribution in [2.75, 3.05) is 13.1 Å². The molecule has 6 nitrogen and oxygen atoms in total. The van der Waals surface area contributed by atoms with Crippen molar-refractivity contribution in [1.29, 1.82) is 0 Å². The van der Waals surface area contributed by atoms with Gasteiger partial charge in [0.1, 0.15) is 0 Å². The van der Waals surface area contributed by atoms with Crippen molar-refractivity contribution >= 4 is 27.5 Å². The van der Waals surface area contributed by atoms with Crippen LogP contribution >= 0.6 is 11.6 Å². The molecule has 2 aliphatic rings. The van der Waals surface area contributed by atoms with E-state index in [0.717, 1.165) is 19.3 Å². The molecular weight excluding hydrogens is 350 g/mol. The number of carbonyl (C=O) groups excluding carboxylic acids is 1. The van der Waals surface area contributed by atoms with Gasteiger partial charge in [-0.3, -0.25) is 4.79 Å². The summed E-state index contributed by atoms with van der Waals surface area (Å²) in [5.41, 5.74) is 6.14. The van der Waals surface area contributed by atoms with E-state index in [1.807, 2.05) is 0 Å². The number of fused-ring (bicyclic) bond motifs is 2. The molecule has 0 radical (unpaired) electrons. The molecule has 4 atom stereocenters. The molecule has 0 saturated heterocycles. The quantitative estimate of drug-likeness (QED) is 0.652. The topological polar surface area (TPSA) is 101 Å². The Balaban J connectivity index is 1.48. The van der Waals surface area contributed by atoms with Crippen LogP contribution in [0.25, 0.3) is 0 Å². The van der Waals surface area contributed by atoms with Gasteiger partial charge in [-0.25, -0.2) is 13.1 Å². The molecule has 2 aliphatic carbocycles. The summed E-state index contributed by atoms with van der Waals surface area (Å²) < 4.78 is 26.7. The zero-order valence-electron chi connectivity index (χ0n) is 13.2. The summed E-state index contributed by atoms with van der Waals surface area (Å²) in [5, 5.41) is 3.16. The highest BCUT2D eigenvalue weighted by molar-refractivity contribution is 7.89. The summed E-state index contributed by atoms with van der Waals surface area (Å²) in [6.07, 6.45) is 3.23. The van der Waals surface area contributed by atoms with Gasteiger partial charge in [0.2, 0.25) is 15.9 Å². The first-order valence-corrected chi connectivity index (χ1v) is 10.0. The first-order valence-electron chi connectivity index (χ1n) is 8.17. The fraction of sp³-hybridized carbons (Fsp3) is 0.562. The van der Waals surface area contributed by atoms with Crippen molar-refractivity contribution in [3.8, 4) is 0 Å². The lowest BCUT2D eigenvalue weighted by molar-refractivity contribution is -0.126. The molecule has 4 N–H and O–H groups in total. The highest BCUT2D eigenvalue weighted by Crippen LogP contribution is 2.47. The number of hydrogen-bond donors (Lipinski definition) is 3. The molecule has 0 heterocycles. The monoisotopic (exact) mass is 371 g/mol. The van der Waals surface area contributed by atoms with Crippen LogP contribution in [0, 0.1) is 17.8 Å². The molecule has 0 aliphatic heterocycles. The maximum Gasteiger partial charge on any atom is 0.240 e. The second-order valence-corrected chi connectivity index (χ2v) is 8.79. The van der Waals surface area contributed by atoms with Crippen LogP contribution in [0.1, 0.15) is 19.3 Å². The molecule has 1 amide bonds. The van der Waals surface area contributed by atoms with Gasteiger partial charge in [0, 0.05) is 24.2 Å². The molecule has 2 saturated carbocycles. The molecule has 24 heavy (non-hydrogen) atoms. The van der Waals surface area contributed by atoms with Crippen LogP contribution in [0.2, 0.25) is 5.02 Å². The smallest absolute Gasteiger partial charge is 0.240 e. The lowest BCUT2D eigenvalue weighted by Crippen LogP contribution is -2.46. The number of halogens is 1. The molecule has 3 rings (SSSR count). The predicted molar refractivity (Wildman–Crippen MR) is 91.9 cm³/mol. The average molecular weight is 372 g/mol. The van der Waals surface area contributed by atoms with E-state index in [-0.39, 0.29) is 35.9 Å². The predicted octanol–water partition coefficient (Wildman–Crippen LogP) is 1.11. The van der Waals surface area contributed by atoms with Crippen molar-refractivity contribution in [2.24, 2.45) is 23.5 Å². The van der Waals surface area contributed by atoms with Crippen molar-refractivity contribution < 1.29 is 13.2 Å². The Morgan fingerprint density at radius 1 is 1.25 bits per heavy atom. The van der Waals surface area contributed by atoms with E-state index < -0.39 is 10.0 Å². The molecule has 4 unspecified atom stereocenters. The largest absolute Gasteiger partial charge is 0.354 e. The SMILES string of the molecule is NC1C2CCC(C2)C1C(=O)NCCNS(=O)(=O)c1cccc(Cl)c1. The van der Waals surface area contributed by atoms with E-state index >= 15 is 0 Å². The van der Waals surface area contributed by atoms with Gasteiger partial charge < -0.3 is 11.1 Å². The average Bonchev–Trinajstić information content (AvgIpc) is 3.12. The van der Waals surface area contributed by atoms with Gasteiger partial charge in [-0.1, -0.05) is 17.7 Å². The highest BCUT2D eigenvalue weighted by atomic mass is 35.5. The number of nitrogens with one attached hydrogen (secondary N) is 2. The lowest BCUT2D eigenvalue weighted by atomic mass is 9.84. The Kier molecular flexibility index (Phi) is 5.15. The second-order valence-electron chi connectivity index (χ2n) is 6.58. The van der Waals surface area contributed by atoms with Gasteiger partial charge in [0.25, 0.3) is 0 Å². The van der Waals surface area contributed by atoms with Gasteiger partial charge in [0.05, 0.1) is 10.8 Å². The Bertz CT molecular complexity index is 723. The maximum absolute atomic E-state index is 12.3. The molecule has 8 heteroatoms. The van der Waals surface area contributed by atoms with Crippen LogP contribution in [-0.4, -0.2) is 33.5 Å². The Morgan fingerprint density at radius 2 is 2.00 bits per heavy atom. The first kappa shape index (κ1) is 17.7. The molecule has 132 valence electrons. The second kappa shape index (κ2) is 7.00. The zero-order valence-corrected chi connectivity index (χ0v) is 14.8. The summed E-state index contributed by atoms with van der Waals surface area (Å²) in [6, 6.07) is 5.98. The van der Waals surface area contributed by atoms with E-state index in [0.29, 0.717) is 16.9 Å². The van der Waals surface area contributed by atoms with E-state index in [4.69, 9.17) is 17.3 Å². The Labute approximate surface area is 147 Å². The van der Waals surface area contributed by atoms with E-state index in [1.165, 1.54) is 12.1 Å². The Hall–Kier alpha value is -1.15. The molecular formula is C16H22ClN3O3S. The van der Waals surface area contributed by atoms with E-state index in [1.54, 1.807) is 12.1 Å². The third kappa shape index (κ3) is 3.59. The number of nitrogens with two attached hydrogens (primary N) is 1. The number of carbonyl (C=O) groups is 1. The van der Waals surface area contributed by atoms with Crippen LogP contribution in [0.4, 0.5) is 0 Å². The van der Waals surface area contributed by atoms with Crippen molar-refractivity contribution in [2.45, 2.75) is 30.2 Å². The van der Waals surface area contributed by atoms with Crippen molar-refractivity contribution in [1.82, 2.24) is 10.0 Å². The maximum atomic E-state index is 12.3. The number of rotatable bonds is 6. The van der Waals surface area contributed by atoms with Crippen molar-refractivity contribution in [3.63, 3.8) is 0 Å². The minimum atomic E-state index is -3.63. The number of amides is 1. The first-order chi connectivity index (χ1) is 11.4. The van der Waals surface area contributed by atoms with Crippen LogP contribution in [0.15, 0.2) is 29.2 Å².